The molecule has 0 saturated heterocycles. The van der Waals surface area contributed by atoms with Gasteiger partial charge in [-0.1, -0.05) is 91.0 Å². The highest BCUT2D eigenvalue weighted by Crippen LogP contribution is 2.40. The monoisotopic (exact) mass is 578 g/mol. The minimum Gasteiger partial charge on any atom is -0.456 e. The summed E-state index contributed by atoms with van der Waals surface area (Å²) in [6.07, 6.45) is 0. The lowest BCUT2D eigenvalue weighted by atomic mass is 10.0. The van der Waals surface area contributed by atoms with Gasteiger partial charge in [-0.05, 0) is 83.2 Å². The van der Waals surface area contributed by atoms with Crippen molar-refractivity contribution in [2.45, 2.75) is 0 Å². The number of hydrogen-bond donors (Lipinski definition) is 0. The van der Waals surface area contributed by atoms with Crippen LogP contribution in [0.3, 0.4) is 0 Å². The molecule has 0 aliphatic carbocycles. The Morgan fingerprint density at radius 3 is 1.84 bits per heavy atom. The van der Waals surface area contributed by atoms with Crippen LogP contribution in [0, 0.1) is 0 Å². The largest absolute Gasteiger partial charge is 0.456 e. The number of nitrogens with zero attached hydrogens (tertiary/aromatic N) is 2. The molecule has 0 fully saturated rings. The molecule has 9 aromatic rings. The Balaban J connectivity index is 1.15. The van der Waals surface area contributed by atoms with Crippen LogP contribution >= 0.6 is 0 Å². The molecule has 0 radical (unpaired) electrons. The van der Waals surface area contributed by atoms with E-state index < -0.39 is 0 Å². The number of aromatic nitrogens is 1. The molecule has 45 heavy (non-hydrogen) atoms. The van der Waals surface area contributed by atoms with Gasteiger partial charge in [-0.2, -0.15) is 0 Å². The second kappa shape index (κ2) is 10.2. The SMILES string of the molecule is c1ccc(-c2ccc(N(c3ccc(-c4nc5ccc6ccccc6c5o4)cc3)c3ccc4oc5ccccc5c4c3)cc2)cc1. The van der Waals surface area contributed by atoms with Crippen LogP contribution in [0.2, 0.25) is 0 Å². The maximum Gasteiger partial charge on any atom is 0.227 e. The molecule has 0 amide bonds. The molecule has 4 nitrogen and oxygen atoms in total. The van der Waals surface area contributed by atoms with Crippen LogP contribution < -0.4 is 4.90 Å². The highest BCUT2D eigenvalue weighted by molar-refractivity contribution is 6.06. The van der Waals surface area contributed by atoms with E-state index in [1.807, 2.05) is 36.4 Å². The first-order valence-electron chi connectivity index (χ1n) is 15.0. The van der Waals surface area contributed by atoms with Crippen LogP contribution in [0.25, 0.3) is 66.4 Å². The molecule has 0 atom stereocenters. The fourth-order valence-corrected chi connectivity index (χ4v) is 6.27. The molecule has 0 saturated carbocycles. The van der Waals surface area contributed by atoms with Crippen LogP contribution in [0.15, 0.2) is 167 Å². The Hall–Kier alpha value is -6.13. The molecule has 0 aliphatic rings. The standard InChI is InChI=1S/C41H26N2O2/c1-2-8-27(9-3-1)28-14-19-31(20-15-28)43(33-23-25-39-36(26-33)35-12-6-7-13-38(35)44-39)32-21-16-30(17-22-32)41-42-37-24-18-29-10-4-5-11-34(29)40(37)45-41/h1-26H. The first-order valence-corrected chi connectivity index (χ1v) is 15.0. The molecule has 0 aliphatic heterocycles. The number of hydrogen-bond acceptors (Lipinski definition) is 4. The zero-order chi connectivity index (χ0) is 29.7. The lowest BCUT2D eigenvalue weighted by Gasteiger charge is -2.26. The number of benzene rings is 7. The maximum atomic E-state index is 6.34. The summed E-state index contributed by atoms with van der Waals surface area (Å²) in [5, 5.41) is 4.40. The molecular weight excluding hydrogens is 552 g/mol. The minimum absolute atomic E-state index is 0.609. The third-order valence-corrected chi connectivity index (χ3v) is 8.50. The Labute approximate surface area is 259 Å². The third kappa shape index (κ3) is 4.35. The summed E-state index contributed by atoms with van der Waals surface area (Å²) in [5.74, 6) is 0.609. The normalized spacial score (nSPS) is 11.6. The average Bonchev–Trinajstić information content (AvgIpc) is 3.72. The minimum atomic E-state index is 0.609. The zero-order valence-electron chi connectivity index (χ0n) is 24.2. The van der Waals surface area contributed by atoms with Gasteiger partial charge in [0.05, 0.1) is 0 Å². The molecule has 0 spiro atoms. The lowest BCUT2D eigenvalue weighted by Crippen LogP contribution is -2.09. The van der Waals surface area contributed by atoms with Gasteiger partial charge >= 0.3 is 0 Å². The van der Waals surface area contributed by atoms with Gasteiger partial charge < -0.3 is 13.7 Å². The molecule has 0 bridgehead atoms. The first-order chi connectivity index (χ1) is 22.3. The van der Waals surface area contributed by atoms with E-state index in [0.717, 1.165) is 66.4 Å². The third-order valence-electron chi connectivity index (χ3n) is 8.50. The van der Waals surface area contributed by atoms with Crippen molar-refractivity contribution < 1.29 is 8.83 Å². The second-order valence-corrected chi connectivity index (χ2v) is 11.2. The Morgan fingerprint density at radius 2 is 1.04 bits per heavy atom. The van der Waals surface area contributed by atoms with Gasteiger partial charge in [0, 0.05) is 38.8 Å². The summed E-state index contributed by atoms with van der Waals surface area (Å²) < 4.78 is 12.5. The first kappa shape index (κ1) is 25.4. The van der Waals surface area contributed by atoms with Crippen molar-refractivity contribution in [2.75, 3.05) is 4.90 Å². The summed E-state index contributed by atoms with van der Waals surface area (Å²) in [6, 6.07) is 54.6. The highest BCUT2D eigenvalue weighted by atomic mass is 16.3. The topological polar surface area (TPSA) is 42.4 Å². The average molecular weight is 579 g/mol. The van der Waals surface area contributed by atoms with E-state index in [9.17, 15) is 0 Å². The summed E-state index contributed by atoms with van der Waals surface area (Å²) >= 11 is 0. The molecule has 4 heteroatoms. The van der Waals surface area contributed by atoms with Crippen LogP contribution in [0.4, 0.5) is 17.1 Å². The van der Waals surface area contributed by atoms with E-state index in [1.165, 1.54) is 11.1 Å². The van der Waals surface area contributed by atoms with E-state index in [2.05, 4.69) is 126 Å². The van der Waals surface area contributed by atoms with Gasteiger partial charge in [-0.25, -0.2) is 4.98 Å². The number of oxazole rings is 1. The number of fused-ring (bicyclic) bond motifs is 6. The molecule has 2 aromatic heterocycles. The van der Waals surface area contributed by atoms with Crippen molar-refractivity contribution in [2.24, 2.45) is 0 Å². The van der Waals surface area contributed by atoms with Gasteiger partial charge in [-0.3, -0.25) is 0 Å². The molecule has 9 rings (SSSR count). The maximum absolute atomic E-state index is 6.34. The Bertz CT molecular complexity index is 2470. The summed E-state index contributed by atoms with van der Waals surface area (Å²) in [5.41, 5.74) is 9.85. The van der Waals surface area contributed by atoms with Crippen molar-refractivity contribution in [3.63, 3.8) is 0 Å². The van der Waals surface area contributed by atoms with E-state index >= 15 is 0 Å². The predicted molar refractivity (Wildman–Crippen MR) is 184 cm³/mol. The zero-order valence-corrected chi connectivity index (χ0v) is 24.2. The van der Waals surface area contributed by atoms with Crippen molar-refractivity contribution in [3.05, 3.63) is 158 Å². The van der Waals surface area contributed by atoms with Crippen LogP contribution in [0.1, 0.15) is 0 Å². The van der Waals surface area contributed by atoms with Crippen molar-refractivity contribution in [1.82, 2.24) is 4.98 Å². The van der Waals surface area contributed by atoms with E-state index in [-0.39, 0.29) is 0 Å². The van der Waals surface area contributed by atoms with Crippen LogP contribution in [-0.2, 0) is 0 Å². The van der Waals surface area contributed by atoms with Gasteiger partial charge in [-0.15, -0.1) is 0 Å². The van der Waals surface area contributed by atoms with Gasteiger partial charge in [0.1, 0.15) is 16.7 Å². The van der Waals surface area contributed by atoms with Gasteiger partial charge in [0.25, 0.3) is 0 Å². The fourth-order valence-electron chi connectivity index (χ4n) is 6.27. The highest BCUT2D eigenvalue weighted by Gasteiger charge is 2.17. The van der Waals surface area contributed by atoms with Crippen molar-refractivity contribution in [1.29, 1.82) is 0 Å². The quantitative estimate of drug-likeness (QED) is 0.204. The van der Waals surface area contributed by atoms with Gasteiger partial charge in [0.2, 0.25) is 5.89 Å². The molecule has 2 heterocycles. The summed E-state index contributed by atoms with van der Waals surface area (Å²) in [6.45, 7) is 0. The predicted octanol–water partition coefficient (Wildman–Crippen LogP) is 11.7. The molecule has 212 valence electrons. The van der Waals surface area contributed by atoms with Crippen molar-refractivity contribution in [3.8, 4) is 22.6 Å². The number of para-hydroxylation sites is 1. The van der Waals surface area contributed by atoms with E-state index in [1.54, 1.807) is 0 Å². The summed E-state index contributed by atoms with van der Waals surface area (Å²) in [7, 11) is 0. The molecular formula is C41H26N2O2. The molecule has 0 N–H and O–H groups in total. The van der Waals surface area contributed by atoms with Crippen LogP contribution in [-0.4, -0.2) is 4.98 Å². The Kier molecular flexibility index (Phi) is 5.78. The second-order valence-electron chi connectivity index (χ2n) is 11.2. The molecule has 7 aromatic carbocycles. The Morgan fingerprint density at radius 1 is 0.422 bits per heavy atom. The number of anilines is 3. The lowest BCUT2D eigenvalue weighted by molar-refractivity contribution is 0.623. The van der Waals surface area contributed by atoms with Gasteiger partial charge in [0.15, 0.2) is 5.58 Å². The fraction of sp³-hybridized carbons (Fsp3) is 0. The number of rotatable bonds is 5. The molecule has 0 unspecified atom stereocenters. The van der Waals surface area contributed by atoms with E-state index in [0.29, 0.717) is 5.89 Å². The van der Waals surface area contributed by atoms with E-state index in [4.69, 9.17) is 13.8 Å². The summed E-state index contributed by atoms with van der Waals surface area (Å²) in [4.78, 5) is 7.11. The number of furan rings is 1. The van der Waals surface area contributed by atoms with Crippen molar-refractivity contribution >= 4 is 60.9 Å². The van der Waals surface area contributed by atoms with Crippen LogP contribution in [0.5, 0.6) is 0 Å². The smallest absolute Gasteiger partial charge is 0.227 e.